The summed E-state index contributed by atoms with van der Waals surface area (Å²) in [5.41, 5.74) is 2.89. The van der Waals surface area contributed by atoms with E-state index in [4.69, 9.17) is 0 Å². The number of anilines is 1. The van der Waals surface area contributed by atoms with Crippen LogP contribution in [0.2, 0.25) is 0 Å². The number of hydrogen-bond donors (Lipinski definition) is 1. The number of hydrogen-bond acceptors (Lipinski definition) is 5. The maximum Gasteiger partial charge on any atom is 0.227 e. The summed E-state index contributed by atoms with van der Waals surface area (Å²) < 4.78 is 1.85. The molecule has 1 aromatic carbocycles. The van der Waals surface area contributed by atoms with Crippen molar-refractivity contribution in [1.29, 1.82) is 0 Å². The van der Waals surface area contributed by atoms with Crippen LogP contribution >= 0.6 is 0 Å². The summed E-state index contributed by atoms with van der Waals surface area (Å²) in [7, 11) is 3.94. The van der Waals surface area contributed by atoms with Crippen LogP contribution in [0.15, 0.2) is 42.6 Å². The Morgan fingerprint density at radius 3 is 2.73 bits per heavy atom. The van der Waals surface area contributed by atoms with Gasteiger partial charge in [0.2, 0.25) is 5.91 Å². The Balaban J connectivity index is 1.28. The van der Waals surface area contributed by atoms with Crippen LogP contribution in [0.25, 0.3) is 16.6 Å². The van der Waals surface area contributed by atoms with Gasteiger partial charge in [0.05, 0.1) is 6.42 Å². The summed E-state index contributed by atoms with van der Waals surface area (Å²) in [6.07, 6.45) is 4.12. The number of carbonyl (C=O) groups excluding carboxylic acids is 1. The number of aromatic amines is 1. The lowest BCUT2D eigenvalue weighted by molar-refractivity contribution is -0.131. The average Bonchev–Trinajstić information content (AvgIpc) is 3.38. The van der Waals surface area contributed by atoms with E-state index < -0.39 is 0 Å². The molecule has 0 bridgehead atoms. The van der Waals surface area contributed by atoms with Crippen molar-refractivity contribution in [2.45, 2.75) is 25.2 Å². The zero-order chi connectivity index (χ0) is 20.7. The number of benzene rings is 1. The lowest BCUT2D eigenvalue weighted by Gasteiger charge is -2.31. The van der Waals surface area contributed by atoms with Gasteiger partial charge in [0.15, 0.2) is 11.5 Å². The van der Waals surface area contributed by atoms with Crippen LogP contribution in [0.4, 0.5) is 5.82 Å². The number of likely N-dealkylation sites (tertiary alicyclic amines) is 1. The van der Waals surface area contributed by atoms with Gasteiger partial charge in [0.25, 0.3) is 0 Å². The fourth-order valence-corrected chi connectivity index (χ4v) is 4.23. The number of piperidine rings is 1. The van der Waals surface area contributed by atoms with Gasteiger partial charge in [0, 0.05) is 50.2 Å². The van der Waals surface area contributed by atoms with Gasteiger partial charge in [-0.1, -0.05) is 18.2 Å². The number of fused-ring (bicyclic) bond motifs is 2. The first-order valence-electron chi connectivity index (χ1n) is 10.3. The molecule has 30 heavy (non-hydrogen) atoms. The first-order valence-corrected chi connectivity index (χ1v) is 10.3. The van der Waals surface area contributed by atoms with Gasteiger partial charge in [-0.05, 0) is 36.6 Å². The fourth-order valence-electron chi connectivity index (χ4n) is 4.23. The predicted molar refractivity (Wildman–Crippen MR) is 116 cm³/mol. The van der Waals surface area contributed by atoms with Crippen LogP contribution in [0, 0.1) is 0 Å². The third-order valence-electron chi connectivity index (χ3n) is 5.96. The van der Waals surface area contributed by atoms with E-state index in [1.54, 1.807) is 0 Å². The van der Waals surface area contributed by atoms with Gasteiger partial charge < -0.3 is 14.8 Å². The van der Waals surface area contributed by atoms with Crippen LogP contribution in [-0.2, 0) is 11.2 Å². The van der Waals surface area contributed by atoms with E-state index in [2.05, 4.69) is 26.3 Å². The fraction of sp³-hybridized carbons (Fsp3) is 0.364. The van der Waals surface area contributed by atoms with Gasteiger partial charge in [-0.25, -0.2) is 0 Å². The zero-order valence-electron chi connectivity index (χ0n) is 17.2. The van der Waals surface area contributed by atoms with Crippen LogP contribution in [0.3, 0.4) is 0 Å². The molecule has 1 amide bonds. The molecule has 0 saturated carbocycles. The van der Waals surface area contributed by atoms with E-state index in [1.807, 2.05) is 64.9 Å². The normalized spacial score (nSPS) is 15.2. The van der Waals surface area contributed by atoms with Gasteiger partial charge in [-0.2, -0.15) is 4.52 Å². The summed E-state index contributed by atoms with van der Waals surface area (Å²) in [6.45, 7) is 1.46. The van der Waals surface area contributed by atoms with Gasteiger partial charge in [-0.15, -0.1) is 15.3 Å². The Bertz CT molecular complexity index is 1200. The maximum atomic E-state index is 12.9. The maximum absolute atomic E-state index is 12.9. The number of nitrogens with one attached hydrogen (secondary N) is 1. The minimum atomic E-state index is 0.178. The number of amides is 1. The first kappa shape index (κ1) is 18.6. The first-order chi connectivity index (χ1) is 14.6. The molecule has 1 aliphatic heterocycles. The number of carbonyl (C=O) groups is 1. The van der Waals surface area contributed by atoms with E-state index in [0.717, 1.165) is 59.7 Å². The molecule has 0 spiro atoms. The quantitative estimate of drug-likeness (QED) is 0.566. The summed E-state index contributed by atoms with van der Waals surface area (Å²) in [5, 5.41) is 14.5. The molecule has 1 N–H and O–H groups in total. The van der Waals surface area contributed by atoms with E-state index in [1.165, 1.54) is 0 Å². The average molecular weight is 403 g/mol. The summed E-state index contributed by atoms with van der Waals surface area (Å²) >= 11 is 0. The molecule has 1 aliphatic rings. The summed E-state index contributed by atoms with van der Waals surface area (Å²) in [5.74, 6) is 2.19. The van der Waals surface area contributed by atoms with Gasteiger partial charge in [0.1, 0.15) is 5.82 Å². The highest BCUT2D eigenvalue weighted by molar-refractivity contribution is 5.88. The molecular weight excluding hydrogens is 378 g/mol. The molecule has 0 unspecified atom stereocenters. The van der Waals surface area contributed by atoms with Crippen molar-refractivity contribution < 1.29 is 4.79 Å². The molecule has 0 radical (unpaired) electrons. The molecule has 8 nitrogen and oxygen atoms in total. The molecule has 4 aromatic rings. The van der Waals surface area contributed by atoms with Crippen molar-refractivity contribution >= 4 is 28.3 Å². The Morgan fingerprint density at radius 2 is 1.93 bits per heavy atom. The molecule has 8 heteroatoms. The molecule has 4 heterocycles. The molecular formula is C22H25N7O. The number of nitrogens with zero attached hydrogens (tertiary/aromatic N) is 6. The molecule has 1 saturated heterocycles. The molecule has 5 rings (SSSR count). The molecule has 154 valence electrons. The van der Waals surface area contributed by atoms with Gasteiger partial charge >= 0.3 is 0 Å². The SMILES string of the molecule is CN(C)c1ccc2nnc(C3CCN(C(=O)Cc4c[nH]c5ccccc45)CC3)n2n1. The monoisotopic (exact) mass is 403 g/mol. The van der Waals surface area contributed by atoms with Crippen LogP contribution < -0.4 is 4.90 Å². The topological polar surface area (TPSA) is 82.4 Å². The van der Waals surface area contributed by atoms with Crippen molar-refractivity contribution in [3.05, 3.63) is 54.0 Å². The summed E-state index contributed by atoms with van der Waals surface area (Å²) in [4.78, 5) is 20.1. The molecule has 0 aliphatic carbocycles. The second-order valence-corrected chi connectivity index (χ2v) is 8.11. The minimum absolute atomic E-state index is 0.178. The van der Waals surface area contributed by atoms with Crippen molar-refractivity contribution in [1.82, 2.24) is 29.7 Å². The third kappa shape index (κ3) is 3.28. The minimum Gasteiger partial charge on any atom is -0.361 e. The Labute approximate surface area is 174 Å². The van der Waals surface area contributed by atoms with E-state index in [9.17, 15) is 4.79 Å². The lowest BCUT2D eigenvalue weighted by atomic mass is 9.95. The highest BCUT2D eigenvalue weighted by Crippen LogP contribution is 2.28. The molecule has 3 aromatic heterocycles. The van der Waals surface area contributed by atoms with Crippen molar-refractivity contribution in [3.63, 3.8) is 0 Å². The number of rotatable bonds is 4. The smallest absolute Gasteiger partial charge is 0.227 e. The van der Waals surface area contributed by atoms with Crippen molar-refractivity contribution in [3.8, 4) is 0 Å². The van der Waals surface area contributed by atoms with Crippen molar-refractivity contribution in [2.24, 2.45) is 0 Å². The highest BCUT2D eigenvalue weighted by Gasteiger charge is 2.27. The van der Waals surface area contributed by atoms with E-state index in [0.29, 0.717) is 6.42 Å². The van der Waals surface area contributed by atoms with Crippen LogP contribution in [0.1, 0.15) is 30.1 Å². The standard InChI is InChI=1S/C22H25N7O/c1-27(2)20-8-7-19-24-25-22(29(19)26-20)15-9-11-28(12-10-15)21(30)13-16-14-23-18-6-4-3-5-17(16)18/h3-8,14-15,23H,9-13H2,1-2H3. The zero-order valence-corrected chi connectivity index (χ0v) is 17.2. The number of para-hydroxylation sites is 1. The van der Waals surface area contributed by atoms with Crippen LogP contribution in [-0.4, -0.2) is 62.8 Å². The van der Waals surface area contributed by atoms with E-state index >= 15 is 0 Å². The predicted octanol–water partition coefficient (Wildman–Crippen LogP) is 2.62. The van der Waals surface area contributed by atoms with Gasteiger partial charge in [-0.3, -0.25) is 4.79 Å². The van der Waals surface area contributed by atoms with Crippen molar-refractivity contribution in [2.75, 3.05) is 32.1 Å². The second-order valence-electron chi connectivity index (χ2n) is 8.11. The Morgan fingerprint density at radius 1 is 1.13 bits per heavy atom. The lowest BCUT2D eigenvalue weighted by Crippen LogP contribution is -2.39. The van der Waals surface area contributed by atoms with E-state index in [-0.39, 0.29) is 11.8 Å². The Kier molecular flexibility index (Phi) is 4.61. The largest absolute Gasteiger partial charge is 0.361 e. The highest BCUT2D eigenvalue weighted by atomic mass is 16.2. The third-order valence-corrected chi connectivity index (χ3v) is 5.96. The summed E-state index contributed by atoms with van der Waals surface area (Å²) in [6, 6.07) is 12.0. The number of H-pyrrole nitrogens is 1. The second kappa shape index (κ2) is 7.44. The molecule has 1 fully saturated rings. The number of aromatic nitrogens is 5. The van der Waals surface area contributed by atoms with Crippen LogP contribution in [0.5, 0.6) is 0 Å². The Hall–Kier alpha value is -3.42. The molecule has 0 atom stereocenters.